The predicted octanol–water partition coefficient (Wildman–Crippen LogP) is 4.99. The van der Waals surface area contributed by atoms with Gasteiger partial charge in [-0.05, 0) is 71.0 Å². The van der Waals surface area contributed by atoms with Crippen LogP contribution in [0, 0.1) is 10.1 Å². The summed E-state index contributed by atoms with van der Waals surface area (Å²) >= 11 is 8.23. The lowest BCUT2D eigenvalue weighted by Gasteiger charge is -2.11. The minimum absolute atomic E-state index is 0.182. The van der Waals surface area contributed by atoms with E-state index < -0.39 is 22.4 Å². The maximum atomic E-state index is 12.8. The molecule has 0 amide bonds. The smallest absolute Gasteiger partial charge is 0.416 e. The number of nitrogens with one attached hydrogen (secondary N) is 2. The number of alkyl halides is 3. The molecule has 0 aliphatic rings. The Labute approximate surface area is 177 Å². The second-order valence-corrected chi connectivity index (χ2v) is 6.72. The SMILES string of the molecule is CCNC(=S)NN=Cc1ccc(Oc2ccc(C(F)(F)F)cc2[N+](=O)[O-])c(Br)c1. The summed E-state index contributed by atoms with van der Waals surface area (Å²) < 4.78 is 44.3. The van der Waals surface area contributed by atoms with Crippen molar-refractivity contribution in [3.05, 3.63) is 62.1 Å². The van der Waals surface area contributed by atoms with Gasteiger partial charge in [-0.25, -0.2) is 0 Å². The van der Waals surface area contributed by atoms with Gasteiger partial charge in [0.1, 0.15) is 5.75 Å². The van der Waals surface area contributed by atoms with Crippen LogP contribution in [-0.2, 0) is 6.18 Å². The van der Waals surface area contributed by atoms with Crippen LogP contribution in [0.3, 0.4) is 0 Å². The third-order valence-electron chi connectivity index (χ3n) is 3.38. The van der Waals surface area contributed by atoms with E-state index in [4.69, 9.17) is 17.0 Å². The van der Waals surface area contributed by atoms with Crippen molar-refractivity contribution in [1.29, 1.82) is 0 Å². The quantitative estimate of drug-likeness (QED) is 0.256. The summed E-state index contributed by atoms with van der Waals surface area (Å²) in [4.78, 5) is 10.2. The van der Waals surface area contributed by atoms with Crippen molar-refractivity contribution in [3.63, 3.8) is 0 Å². The second kappa shape index (κ2) is 9.65. The van der Waals surface area contributed by atoms with Crippen LogP contribution in [0.2, 0.25) is 0 Å². The molecule has 12 heteroatoms. The van der Waals surface area contributed by atoms with Crippen molar-refractivity contribution in [2.75, 3.05) is 6.54 Å². The molecule has 0 unspecified atom stereocenters. The summed E-state index contributed by atoms with van der Waals surface area (Å²) in [6, 6.07) is 6.79. The Morgan fingerprint density at radius 1 is 1.31 bits per heavy atom. The van der Waals surface area contributed by atoms with E-state index in [0.29, 0.717) is 27.8 Å². The fourth-order valence-corrected chi connectivity index (χ4v) is 2.76. The summed E-state index contributed by atoms with van der Waals surface area (Å²) in [7, 11) is 0. The Morgan fingerprint density at radius 2 is 2.00 bits per heavy atom. The van der Waals surface area contributed by atoms with Crippen molar-refractivity contribution in [2.24, 2.45) is 5.10 Å². The first-order chi connectivity index (χ1) is 13.6. The van der Waals surface area contributed by atoms with Crippen LogP contribution in [0.15, 0.2) is 46.0 Å². The standard InChI is InChI=1S/C17H14BrF3N4O3S/c1-2-22-16(29)24-23-9-10-3-5-14(12(18)7-10)28-15-6-4-11(17(19,20)21)8-13(15)25(26)27/h3-9H,2H2,1H3,(H2,22,24,29). The molecule has 0 fully saturated rings. The molecule has 154 valence electrons. The van der Waals surface area contributed by atoms with Crippen molar-refractivity contribution in [1.82, 2.24) is 10.7 Å². The molecule has 0 aromatic heterocycles. The first-order valence-electron chi connectivity index (χ1n) is 8.01. The Bertz CT molecular complexity index is 954. The number of ether oxygens (including phenoxy) is 1. The minimum Gasteiger partial charge on any atom is -0.449 e. The van der Waals surface area contributed by atoms with Gasteiger partial charge >= 0.3 is 11.9 Å². The number of hydrogen-bond donors (Lipinski definition) is 2. The zero-order chi connectivity index (χ0) is 21.6. The first kappa shape index (κ1) is 22.6. The summed E-state index contributed by atoms with van der Waals surface area (Å²) in [5.74, 6) is -0.135. The molecule has 0 atom stereocenters. The van der Waals surface area contributed by atoms with E-state index >= 15 is 0 Å². The molecule has 0 aliphatic carbocycles. The molecule has 29 heavy (non-hydrogen) atoms. The first-order valence-corrected chi connectivity index (χ1v) is 9.22. The van der Waals surface area contributed by atoms with Gasteiger partial charge < -0.3 is 10.1 Å². The molecule has 2 N–H and O–H groups in total. The van der Waals surface area contributed by atoms with Gasteiger partial charge in [-0.15, -0.1) is 0 Å². The van der Waals surface area contributed by atoms with Gasteiger partial charge in [-0.3, -0.25) is 15.5 Å². The maximum Gasteiger partial charge on any atom is 0.416 e. The van der Waals surface area contributed by atoms with Crippen molar-refractivity contribution < 1.29 is 22.8 Å². The second-order valence-electron chi connectivity index (χ2n) is 5.46. The summed E-state index contributed by atoms with van der Waals surface area (Å²) in [6.45, 7) is 2.53. The topological polar surface area (TPSA) is 88.8 Å². The number of rotatable bonds is 6. The number of nitrogens with zero attached hydrogens (tertiary/aromatic N) is 2. The van der Waals surface area contributed by atoms with E-state index in [1.807, 2.05) is 6.92 Å². The molecule has 7 nitrogen and oxygen atoms in total. The number of hydrogen-bond acceptors (Lipinski definition) is 5. The highest BCUT2D eigenvalue weighted by atomic mass is 79.9. The summed E-state index contributed by atoms with van der Waals surface area (Å²) in [5, 5.41) is 18.3. The molecule has 0 spiro atoms. The van der Waals surface area contributed by atoms with Crippen molar-refractivity contribution in [3.8, 4) is 11.5 Å². The van der Waals surface area contributed by atoms with Crippen LogP contribution in [-0.4, -0.2) is 22.8 Å². The highest BCUT2D eigenvalue weighted by molar-refractivity contribution is 9.10. The van der Waals surface area contributed by atoms with Gasteiger partial charge in [-0.1, -0.05) is 0 Å². The molecular weight excluding hydrogens is 477 g/mol. The van der Waals surface area contributed by atoms with E-state index in [2.05, 4.69) is 31.8 Å². The van der Waals surface area contributed by atoms with Crippen LogP contribution in [0.25, 0.3) is 0 Å². The minimum atomic E-state index is -4.70. The number of thiocarbonyl (C=S) groups is 1. The predicted molar refractivity (Wildman–Crippen MR) is 109 cm³/mol. The molecule has 2 aromatic carbocycles. The highest BCUT2D eigenvalue weighted by Gasteiger charge is 2.33. The lowest BCUT2D eigenvalue weighted by Crippen LogP contribution is -2.31. The normalized spacial score (nSPS) is 11.3. The van der Waals surface area contributed by atoms with Gasteiger partial charge in [0, 0.05) is 12.6 Å². The number of hydrazone groups is 1. The zero-order valence-corrected chi connectivity index (χ0v) is 17.2. The van der Waals surface area contributed by atoms with E-state index in [0.717, 1.165) is 12.1 Å². The lowest BCUT2D eigenvalue weighted by atomic mass is 10.2. The summed E-state index contributed by atoms with van der Waals surface area (Å²) in [6.07, 6.45) is -3.22. The van der Waals surface area contributed by atoms with Gasteiger partial charge in [0.25, 0.3) is 0 Å². The van der Waals surface area contributed by atoms with Crippen LogP contribution in [0.1, 0.15) is 18.1 Å². The third kappa shape index (κ3) is 6.39. The molecule has 2 rings (SSSR count). The average molecular weight is 491 g/mol. The van der Waals surface area contributed by atoms with Crippen molar-refractivity contribution in [2.45, 2.75) is 13.1 Å². The fraction of sp³-hybridized carbons (Fsp3) is 0.176. The lowest BCUT2D eigenvalue weighted by molar-refractivity contribution is -0.385. The maximum absolute atomic E-state index is 12.8. The third-order valence-corrected chi connectivity index (χ3v) is 4.23. The Balaban J connectivity index is 2.21. The van der Waals surface area contributed by atoms with E-state index in [9.17, 15) is 23.3 Å². The van der Waals surface area contributed by atoms with Gasteiger partial charge in [-0.2, -0.15) is 18.3 Å². The molecule has 0 aliphatic heterocycles. The molecule has 0 saturated heterocycles. The summed E-state index contributed by atoms with van der Waals surface area (Å²) in [5.41, 5.74) is 1.34. The zero-order valence-electron chi connectivity index (χ0n) is 14.8. The molecule has 0 heterocycles. The molecule has 0 bridgehead atoms. The number of benzene rings is 2. The largest absolute Gasteiger partial charge is 0.449 e. The molecule has 0 saturated carbocycles. The monoisotopic (exact) mass is 490 g/mol. The number of halogens is 4. The Hall–Kier alpha value is -2.73. The molecule has 0 radical (unpaired) electrons. The number of nitro benzene ring substituents is 1. The van der Waals surface area contributed by atoms with Crippen LogP contribution in [0.4, 0.5) is 18.9 Å². The average Bonchev–Trinajstić information content (AvgIpc) is 2.63. The van der Waals surface area contributed by atoms with Crippen molar-refractivity contribution >= 4 is 45.2 Å². The van der Waals surface area contributed by atoms with Crippen LogP contribution >= 0.6 is 28.1 Å². The fourth-order valence-electron chi connectivity index (χ4n) is 2.09. The Kier molecular flexibility index (Phi) is 7.51. The van der Waals surface area contributed by atoms with Gasteiger partial charge in [0.15, 0.2) is 5.11 Å². The van der Waals surface area contributed by atoms with E-state index in [1.165, 1.54) is 12.3 Å². The van der Waals surface area contributed by atoms with Crippen LogP contribution in [0.5, 0.6) is 11.5 Å². The Morgan fingerprint density at radius 3 is 2.59 bits per heavy atom. The van der Waals surface area contributed by atoms with Gasteiger partial charge in [0.2, 0.25) is 5.75 Å². The molecular formula is C17H14BrF3N4O3S. The highest BCUT2D eigenvalue weighted by Crippen LogP contribution is 2.39. The van der Waals surface area contributed by atoms with E-state index in [1.54, 1.807) is 12.1 Å². The van der Waals surface area contributed by atoms with E-state index in [-0.39, 0.29) is 11.5 Å². The molecule has 2 aromatic rings. The van der Waals surface area contributed by atoms with Crippen LogP contribution < -0.4 is 15.5 Å². The number of nitro groups is 1. The van der Waals surface area contributed by atoms with Gasteiger partial charge in [0.05, 0.1) is 21.2 Å².